The number of carbonyl (C=O) groups is 1. The van der Waals surface area contributed by atoms with Gasteiger partial charge < -0.3 is 10.1 Å². The Morgan fingerprint density at radius 2 is 2.28 bits per heavy atom. The minimum absolute atomic E-state index is 0.106. The molecule has 1 amide bonds. The van der Waals surface area contributed by atoms with Gasteiger partial charge in [0.25, 0.3) is 5.91 Å². The van der Waals surface area contributed by atoms with E-state index in [1.165, 1.54) is 0 Å². The highest BCUT2D eigenvalue weighted by Gasteiger charge is 2.13. The van der Waals surface area contributed by atoms with E-state index >= 15 is 0 Å². The van der Waals surface area contributed by atoms with Crippen molar-refractivity contribution >= 4 is 5.91 Å². The Kier molecular flexibility index (Phi) is 4.17. The van der Waals surface area contributed by atoms with Crippen LogP contribution in [0.4, 0.5) is 0 Å². The SMILES string of the molecule is [N-]=[N+]=NCCCNC(=O)c1ccc2c(c1)COC2. The van der Waals surface area contributed by atoms with Gasteiger partial charge in [-0.2, -0.15) is 0 Å². The second-order valence-corrected chi connectivity index (χ2v) is 4.04. The van der Waals surface area contributed by atoms with Crippen LogP contribution in [0.1, 0.15) is 27.9 Å². The number of hydrogen-bond donors (Lipinski definition) is 1. The van der Waals surface area contributed by atoms with Crippen molar-refractivity contribution in [2.75, 3.05) is 13.1 Å². The molecule has 0 saturated carbocycles. The summed E-state index contributed by atoms with van der Waals surface area (Å²) in [6, 6.07) is 5.60. The molecular formula is C12H14N4O2. The fourth-order valence-corrected chi connectivity index (χ4v) is 1.81. The van der Waals surface area contributed by atoms with Gasteiger partial charge in [-0.1, -0.05) is 11.2 Å². The molecule has 0 atom stereocenters. The minimum atomic E-state index is -0.106. The van der Waals surface area contributed by atoms with E-state index in [0.29, 0.717) is 38.3 Å². The van der Waals surface area contributed by atoms with Gasteiger partial charge in [-0.25, -0.2) is 0 Å². The summed E-state index contributed by atoms with van der Waals surface area (Å²) in [7, 11) is 0. The number of nitrogens with one attached hydrogen (secondary N) is 1. The molecule has 1 aliphatic rings. The average Bonchev–Trinajstić information content (AvgIpc) is 2.85. The highest BCUT2D eigenvalue weighted by atomic mass is 16.5. The molecule has 6 nitrogen and oxygen atoms in total. The number of nitrogens with zero attached hydrogens (tertiary/aromatic N) is 3. The standard InChI is InChI=1S/C12H14N4O2/c13-16-15-5-1-4-14-12(17)9-2-3-10-7-18-8-11(10)6-9/h2-3,6H,1,4-5,7-8H2,(H,14,17). The number of fused-ring (bicyclic) bond motifs is 1. The molecule has 0 fully saturated rings. The summed E-state index contributed by atoms with van der Waals surface area (Å²) < 4.78 is 5.30. The Bertz CT molecular complexity index is 495. The number of rotatable bonds is 5. The molecule has 1 N–H and O–H groups in total. The van der Waals surface area contributed by atoms with Gasteiger partial charge in [0.2, 0.25) is 0 Å². The zero-order valence-corrected chi connectivity index (χ0v) is 9.93. The summed E-state index contributed by atoms with van der Waals surface area (Å²) in [5.74, 6) is -0.106. The first-order chi connectivity index (χ1) is 8.81. The van der Waals surface area contributed by atoms with E-state index in [-0.39, 0.29) is 5.91 Å². The Hall–Kier alpha value is -2.04. The van der Waals surface area contributed by atoms with Crippen molar-refractivity contribution in [3.63, 3.8) is 0 Å². The van der Waals surface area contributed by atoms with Crippen LogP contribution in [0, 0.1) is 0 Å². The second kappa shape index (κ2) is 6.05. The number of ether oxygens (including phenoxy) is 1. The van der Waals surface area contributed by atoms with E-state index in [2.05, 4.69) is 15.3 Å². The van der Waals surface area contributed by atoms with Crippen LogP contribution in [0.3, 0.4) is 0 Å². The molecule has 0 radical (unpaired) electrons. The number of carbonyl (C=O) groups excluding carboxylic acids is 1. The van der Waals surface area contributed by atoms with Gasteiger partial charge >= 0.3 is 0 Å². The van der Waals surface area contributed by atoms with Gasteiger partial charge in [0.05, 0.1) is 13.2 Å². The third kappa shape index (κ3) is 3.00. The Morgan fingerprint density at radius 3 is 3.11 bits per heavy atom. The molecule has 1 aromatic rings. The van der Waals surface area contributed by atoms with Crippen LogP contribution < -0.4 is 5.32 Å². The summed E-state index contributed by atoms with van der Waals surface area (Å²) in [6.07, 6.45) is 0.643. The average molecular weight is 246 g/mol. The maximum atomic E-state index is 11.8. The molecule has 1 aromatic carbocycles. The molecule has 2 rings (SSSR count). The molecular weight excluding hydrogens is 232 g/mol. The first kappa shape index (κ1) is 12.4. The predicted octanol–water partition coefficient (Wildman–Crippen LogP) is 2.15. The van der Waals surface area contributed by atoms with E-state index < -0.39 is 0 Å². The zero-order valence-electron chi connectivity index (χ0n) is 9.93. The molecule has 0 unspecified atom stereocenters. The molecule has 1 aliphatic heterocycles. The van der Waals surface area contributed by atoms with Crippen molar-refractivity contribution in [1.82, 2.24) is 5.32 Å². The van der Waals surface area contributed by atoms with Gasteiger partial charge in [-0.3, -0.25) is 4.79 Å². The fourth-order valence-electron chi connectivity index (χ4n) is 1.81. The van der Waals surface area contributed by atoms with E-state index in [1.54, 1.807) is 6.07 Å². The van der Waals surface area contributed by atoms with E-state index in [9.17, 15) is 4.79 Å². The predicted molar refractivity (Wildman–Crippen MR) is 65.9 cm³/mol. The summed E-state index contributed by atoms with van der Waals surface area (Å²) in [5, 5.41) is 6.19. The van der Waals surface area contributed by atoms with Crippen molar-refractivity contribution in [2.24, 2.45) is 5.11 Å². The second-order valence-electron chi connectivity index (χ2n) is 4.04. The van der Waals surface area contributed by atoms with Crippen molar-refractivity contribution in [2.45, 2.75) is 19.6 Å². The molecule has 6 heteroatoms. The lowest BCUT2D eigenvalue weighted by Crippen LogP contribution is -2.24. The molecule has 18 heavy (non-hydrogen) atoms. The van der Waals surface area contributed by atoms with Crippen LogP contribution in [-0.2, 0) is 18.0 Å². The van der Waals surface area contributed by atoms with E-state index in [4.69, 9.17) is 10.3 Å². The van der Waals surface area contributed by atoms with Crippen molar-refractivity contribution in [1.29, 1.82) is 0 Å². The first-order valence-electron chi connectivity index (χ1n) is 5.80. The van der Waals surface area contributed by atoms with E-state index in [0.717, 1.165) is 11.1 Å². The first-order valence-corrected chi connectivity index (χ1v) is 5.80. The minimum Gasteiger partial charge on any atom is -0.372 e. The Labute approximate surface area is 105 Å². The van der Waals surface area contributed by atoms with Gasteiger partial charge in [-0.05, 0) is 35.2 Å². The largest absolute Gasteiger partial charge is 0.372 e. The lowest BCUT2D eigenvalue weighted by molar-refractivity contribution is 0.0953. The molecule has 0 saturated heterocycles. The quantitative estimate of drug-likeness (QED) is 0.373. The number of benzene rings is 1. The lowest BCUT2D eigenvalue weighted by Gasteiger charge is -2.05. The topological polar surface area (TPSA) is 87.1 Å². The van der Waals surface area contributed by atoms with Gasteiger partial charge in [-0.15, -0.1) is 0 Å². The maximum absolute atomic E-state index is 11.8. The summed E-state index contributed by atoms with van der Waals surface area (Å²) in [5.41, 5.74) is 11.0. The Balaban J connectivity index is 1.87. The van der Waals surface area contributed by atoms with Gasteiger partial charge in [0.15, 0.2) is 0 Å². The number of hydrogen-bond acceptors (Lipinski definition) is 3. The Morgan fingerprint density at radius 1 is 1.44 bits per heavy atom. The summed E-state index contributed by atoms with van der Waals surface area (Å²) in [4.78, 5) is 14.5. The van der Waals surface area contributed by atoms with Crippen LogP contribution in [0.15, 0.2) is 23.3 Å². The van der Waals surface area contributed by atoms with Crippen LogP contribution in [0.5, 0.6) is 0 Å². The fraction of sp³-hybridized carbons (Fsp3) is 0.417. The third-order valence-electron chi connectivity index (χ3n) is 2.77. The third-order valence-corrected chi connectivity index (χ3v) is 2.77. The van der Waals surface area contributed by atoms with Crippen LogP contribution in [-0.4, -0.2) is 19.0 Å². The lowest BCUT2D eigenvalue weighted by atomic mass is 10.1. The molecule has 94 valence electrons. The normalized spacial score (nSPS) is 12.7. The monoisotopic (exact) mass is 246 g/mol. The summed E-state index contributed by atoms with van der Waals surface area (Å²) in [6.45, 7) is 2.11. The van der Waals surface area contributed by atoms with Crippen LogP contribution >= 0.6 is 0 Å². The number of amides is 1. The number of azide groups is 1. The summed E-state index contributed by atoms with van der Waals surface area (Å²) >= 11 is 0. The van der Waals surface area contributed by atoms with Crippen molar-refractivity contribution in [3.8, 4) is 0 Å². The smallest absolute Gasteiger partial charge is 0.251 e. The van der Waals surface area contributed by atoms with Gasteiger partial charge in [0, 0.05) is 23.6 Å². The highest BCUT2D eigenvalue weighted by molar-refractivity contribution is 5.94. The van der Waals surface area contributed by atoms with Crippen molar-refractivity contribution < 1.29 is 9.53 Å². The zero-order chi connectivity index (χ0) is 12.8. The van der Waals surface area contributed by atoms with Crippen molar-refractivity contribution in [3.05, 3.63) is 45.3 Å². The van der Waals surface area contributed by atoms with E-state index in [1.807, 2.05) is 12.1 Å². The van der Waals surface area contributed by atoms with Crippen LogP contribution in [0.2, 0.25) is 0 Å². The molecule has 0 aliphatic carbocycles. The van der Waals surface area contributed by atoms with Crippen LogP contribution in [0.25, 0.3) is 10.4 Å². The molecule has 0 bridgehead atoms. The highest BCUT2D eigenvalue weighted by Crippen LogP contribution is 2.20. The van der Waals surface area contributed by atoms with Gasteiger partial charge in [0.1, 0.15) is 0 Å². The molecule has 0 spiro atoms. The molecule has 0 aromatic heterocycles. The maximum Gasteiger partial charge on any atom is 0.251 e. The molecule has 1 heterocycles.